The number of pyridine rings is 1. The third-order valence-electron chi connectivity index (χ3n) is 5.74. The first kappa shape index (κ1) is 21.3. The summed E-state index contributed by atoms with van der Waals surface area (Å²) in [5, 5.41) is 7.43. The van der Waals surface area contributed by atoms with Gasteiger partial charge in [0.25, 0.3) is 0 Å². The normalized spacial score (nSPS) is 14.8. The van der Waals surface area contributed by atoms with Crippen LogP contribution in [0.3, 0.4) is 0 Å². The van der Waals surface area contributed by atoms with E-state index in [2.05, 4.69) is 41.6 Å². The molecule has 0 unspecified atom stereocenters. The van der Waals surface area contributed by atoms with Gasteiger partial charge in [0, 0.05) is 23.9 Å². The van der Waals surface area contributed by atoms with E-state index < -0.39 is 0 Å². The Labute approximate surface area is 181 Å². The van der Waals surface area contributed by atoms with Crippen LogP contribution in [0, 0.1) is 5.82 Å². The standard InChI is InChI=1S/C24H29FN4O2/c1-16(2)23-12-18-11-17(3-6-22(18)31-23)13-28-24(30)29(21-7-9-26-10-8-21)15-20-5-4-19(25)14-27-20/h3-6,11-12,14,16,21,26H,7-10,13,15H2,1-2H3,(H,28,30). The van der Waals surface area contributed by atoms with Gasteiger partial charge in [-0.15, -0.1) is 0 Å². The molecule has 31 heavy (non-hydrogen) atoms. The van der Waals surface area contributed by atoms with E-state index in [1.165, 1.54) is 12.3 Å². The zero-order valence-corrected chi connectivity index (χ0v) is 18.0. The van der Waals surface area contributed by atoms with Crippen molar-refractivity contribution >= 4 is 17.0 Å². The second kappa shape index (κ2) is 9.47. The molecule has 1 fully saturated rings. The first-order valence-electron chi connectivity index (χ1n) is 10.9. The molecule has 0 atom stereocenters. The van der Waals surface area contributed by atoms with Crippen LogP contribution in [-0.4, -0.2) is 35.0 Å². The van der Waals surface area contributed by atoms with Crippen LogP contribution in [-0.2, 0) is 13.1 Å². The van der Waals surface area contributed by atoms with Crippen molar-refractivity contribution in [2.75, 3.05) is 13.1 Å². The summed E-state index contributed by atoms with van der Waals surface area (Å²) in [5.74, 6) is 0.908. The van der Waals surface area contributed by atoms with Crippen LogP contribution in [0.15, 0.2) is 47.0 Å². The lowest BCUT2D eigenvalue weighted by Gasteiger charge is -2.34. The maximum Gasteiger partial charge on any atom is 0.318 e. The number of rotatable bonds is 6. The number of hydrogen-bond acceptors (Lipinski definition) is 4. The summed E-state index contributed by atoms with van der Waals surface area (Å²) in [7, 11) is 0. The van der Waals surface area contributed by atoms with Crippen molar-refractivity contribution in [2.24, 2.45) is 0 Å². The number of nitrogens with zero attached hydrogens (tertiary/aromatic N) is 2. The Balaban J connectivity index is 1.46. The predicted octanol–water partition coefficient (Wildman–Crippen LogP) is 4.55. The first-order chi connectivity index (χ1) is 15.0. The van der Waals surface area contributed by atoms with E-state index in [9.17, 15) is 9.18 Å². The smallest absolute Gasteiger partial charge is 0.318 e. The van der Waals surface area contributed by atoms with Crippen LogP contribution in [0.2, 0.25) is 0 Å². The van der Waals surface area contributed by atoms with E-state index in [1.807, 2.05) is 17.0 Å². The minimum atomic E-state index is -0.378. The fourth-order valence-electron chi connectivity index (χ4n) is 3.95. The van der Waals surface area contributed by atoms with Gasteiger partial charge in [-0.25, -0.2) is 9.18 Å². The minimum absolute atomic E-state index is 0.123. The molecule has 1 aliphatic heterocycles. The average molecular weight is 425 g/mol. The zero-order chi connectivity index (χ0) is 21.8. The van der Waals surface area contributed by atoms with Gasteiger partial charge in [0.1, 0.15) is 17.2 Å². The molecule has 7 heteroatoms. The van der Waals surface area contributed by atoms with Crippen molar-refractivity contribution in [1.82, 2.24) is 20.5 Å². The molecule has 1 aliphatic rings. The van der Waals surface area contributed by atoms with Gasteiger partial charge in [0.15, 0.2) is 0 Å². The van der Waals surface area contributed by atoms with Crippen LogP contribution < -0.4 is 10.6 Å². The number of aromatic nitrogens is 1. The van der Waals surface area contributed by atoms with Crippen LogP contribution in [0.1, 0.15) is 49.6 Å². The summed E-state index contributed by atoms with van der Waals surface area (Å²) in [6, 6.07) is 11.1. The summed E-state index contributed by atoms with van der Waals surface area (Å²) >= 11 is 0. The highest BCUT2D eigenvalue weighted by Crippen LogP contribution is 2.25. The molecule has 6 nitrogen and oxygen atoms in total. The molecule has 4 rings (SSSR count). The molecule has 3 aromatic rings. The Morgan fingerprint density at radius 1 is 1.26 bits per heavy atom. The molecule has 2 amide bonds. The van der Waals surface area contributed by atoms with Gasteiger partial charge in [-0.3, -0.25) is 4.98 Å². The van der Waals surface area contributed by atoms with Crippen molar-refractivity contribution in [1.29, 1.82) is 0 Å². The molecule has 1 saturated heterocycles. The largest absolute Gasteiger partial charge is 0.461 e. The Hall–Kier alpha value is -2.93. The summed E-state index contributed by atoms with van der Waals surface area (Å²) in [5.41, 5.74) is 2.55. The monoisotopic (exact) mass is 424 g/mol. The van der Waals surface area contributed by atoms with Gasteiger partial charge in [-0.2, -0.15) is 0 Å². The summed E-state index contributed by atoms with van der Waals surface area (Å²) in [6.45, 7) is 6.74. The number of piperidine rings is 1. The van der Waals surface area contributed by atoms with Crippen molar-refractivity contribution in [2.45, 2.75) is 51.7 Å². The summed E-state index contributed by atoms with van der Waals surface area (Å²) in [6.07, 6.45) is 2.96. The molecule has 0 spiro atoms. The first-order valence-corrected chi connectivity index (χ1v) is 10.9. The van der Waals surface area contributed by atoms with E-state index in [0.29, 0.717) is 24.7 Å². The number of amides is 2. The fourth-order valence-corrected chi connectivity index (χ4v) is 3.95. The maximum absolute atomic E-state index is 13.2. The molecule has 0 saturated carbocycles. The van der Waals surface area contributed by atoms with Crippen molar-refractivity contribution in [3.05, 3.63) is 65.4 Å². The lowest BCUT2D eigenvalue weighted by Crippen LogP contribution is -2.49. The number of urea groups is 1. The van der Waals surface area contributed by atoms with Crippen LogP contribution in [0.4, 0.5) is 9.18 Å². The molecule has 1 aromatic carbocycles. The molecular formula is C24H29FN4O2. The lowest BCUT2D eigenvalue weighted by molar-refractivity contribution is 0.153. The number of nitrogens with one attached hydrogen (secondary N) is 2. The number of fused-ring (bicyclic) bond motifs is 1. The Morgan fingerprint density at radius 3 is 2.77 bits per heavy atom. The van der Waals surface area contributed by atoms with Crippen LogP contribution >= 0.6 is 0 Å². The number of carbonyl (C=O) groups excluding carboxylic acids is 1. The van der Waals surface area contributed by atoms with E-state index in [1.54, 1.807) is 6.07 Å². The molecule has 2 N–H and O–H groups in total. The molecule has 164 valence electrons. The van der Waals surface area contributed by atoms with E-state index in [0.717, 1.165) is 48.2 Å². The van der Waals surface area contributed by atoms with Gasteiger partial charge < -0.3 is 20.0 Å². The van der Waals surface area contributed by atoms with E-state index in [4.69, 9.17) is 4.42 Å². The zero-order valence-electron chi connectivity index (χ0n) is 18.0. The molecule has 0 bridgehead atoms. The van der Waals surface area contributed by atoms with Gasteiger partial charge in [-0.1, -0.05) is 19.9 Å². The highest BCUT2D eigenvalue weighted by atomic mass is 19.1. The fraction of sp³-hybridized carbons (Fsp3) is 0.417. The van der Waals surface area contributed by atoms with Crippen molar-refractivity contribution in [3.8, 4) is 0 Å². The molecular weight excluding hydrogens is 395 g/mol. The van der Waals surface area contributed by atoms with Crippen molar-refractivity contribution in [3.63, 3.8) is 0 Å². The molecule has 3 heterocycles. The predicted molar refractivity (Wildman–Crippen MR) is 118 cm³/mol. The molecule has 0 radical (unpaired) electrons. The summed E-state index contributed by atoms with van der Waals surface area (Å²) < 4.78 is 19.1. The Morgan fingerprint density at radius 2 is 2.06 bits per heavy atom. The van der Waals surface area contributed by atoms with Gasteiger partial charge >= 0.3 is 6.03 Å². The van der Waals surface area contributed by atoms with Crippen molar-refractivity contribution < 1.29 is 13.6 Å². The quantitative estimate of drug-likeness (QED) is 0.609. The summed E-state index contributed by atoms with van der Waals surface area (Å²) in [4.78, 5) is 19.1. The second-order valence-corrected chi connectivity index (χ2v) is 8.41. The number of carbonyl (C=O) groups is 1. The van der Waals surface area contributed by atoms with E-state index in [-0.39, 0.29) is 17.9 Å². The van der Waals surface area contributed by atoms with Gasteiger partial charge in [0.05, 0.1) is 18.4 Å². The van der Waals surface area contributed by atoms with Gasteiger partial charge in [-0.05, 0) is 61.8 Å². The molecule has 0 aliphatic carbocycles. The second-order valence-electron chi connectivity index (χ2n) is 8.41. The van der Waals surface area contributed by atoms with E-state index >= 15 is 0 Å². The maximum atomic E-state index is 13.2. The number of hydrogen-bond donors (Lipinski definition) is 2. The Bertz CT molecular complexity index is 1030. The van der Waals surface area contributed by atoms with Crippen LogP contribution in [0.5, 0.6) is 0 Å². The number of halogens is 1. The van der Waals surface area contributed by atoms with Gasteiger partial charge in [0.2, 0.25) is 0 Å². The average Bonchev–Trinajstić information content (AvgIpc) is 3.21. The third kappa shape index (κ3) is 5.22. The van der Waals surface area contributed by atoms with Crippen LogP contribution in [0.25, 0.3) is 11.0 Å². The molecule has 2 aromatic heterocycles. The minimum Gasteiger partial charge on any atom is -0.461 e. The SMILES string of the molecule is CC(C)c1cc2cc(CNC(=O)N(Cc3ccc(F)cn3)C3CCNCC3)ccc2o1. The third-order valence-corrected chi connectivity index (χ3v) is 5.74. The highest BCUT2D eigenvalue weighted by molar-refractivity contribution is 5.79. The number of furan rings is 1. The Kier molecular flexibility index (Phi) is 6.51. The highest BCUT2D eigenvalue weighted by Gasteiger charge is 2.26. The number of benzene rings is 1. The lowest BCUT2D eigenvalue weighted by atomic mass is 10.0. The topological polar surface area (TPSA) is 70.4 Å².